The van der Waals surface area contributed by atoms with E-state index in [0.717, 1.165) is 59.4 Å². The minimum atomic E-state index is -4.37. The average Bonchev–Trinajstić information content (AvgIpc) is 3.80. The lowest BCUT2D eigenvalue weighted by molar-refractivity contribution is -0.193. The van der Waals surface area contributed by atoms with Gasteiger partial charge < -0.3 is 34.0 Å². The maximum Gasteiger partial charge on any atom is 0.347 e. The summed E-state index contributed by atoms with van der Waals surface area (Å²) in [6, 6.07) is 2.50. The Labute approximate surface area is 378 Å². The van der Waals surface area contributed by atoms with Crippen molar-refractivity contribution in [3.8, 4) is 6.01 Å². The Hall–Kier alpha value is -4.45. The number of halogens is 2. The molecule has 5 rings (SSSR count). The zero-order valence-corrected chi connectivity index (χ0v) is 39.8. The van der Waals surface area contributed by atoms with Crippen molar-refractivity contribution in [1.29, 1.82) is 0 Å². The van der Waals surface area contributed by atoms with Crippen LogP contribution in [0.5, 0.6) is 6.01 Å². The number of carbonyl (C=O) groups is 4. The Kier molecular flexibility index (Phi) is 22.3. The quantitative estimate of drug-likeness (QED) is 0.0482. The summed E-state index contributed by atoms with van der Waals surface area (Å²) in [5.74, 6) is -3.49. The van der Waals surface area contributed by atoms with Crippen LogP contribution in [-0.4, -0.2) is 123 Å². The number of urea groups is 1. The molecule has 2 amide bonds. The van der Waals surface area contributed by atoms with Crippen LogP contribution in [0.4, 0.5) is 20.8 Å². The fourth-order valence-corrected chi connectivity index (χ4v) is 8.86. The summed E-state index contributed by atoms with van der Waals surface area (Å²) in [5.41, 5.74) is 0.0829. The van der Waals surface area contributed by atoms with Crippen LogP contribution < -0.4 is 34.7 Å². The van der Waals surface area contributed by atoms with E-state index >= 15 is 0 Å². The first-order chi connectivity index (χ1) is 29.4. The molecule has 31 heteroatoms. The fraction of sp³-hybridized carbons (Fsp3) is 0.406. The Morgan fingerprint density at radius 2 is 1.75 bits per heavy atom. The molecular formula is C32H42ClFN9O14PS5. The predicted molar refractivity (Wildman–Crippen MR) is 232 cm³/mol. The molecule has 0 fully saturated rings. The Morgan fingerprint density at radius 3 is 2.32 bits per heavy atom. The zero-order chi connectivity index (χ0) is 47.7. The highest BCUT2D eigenvalue weighted by Crippen LogP contribution is 2.33. The zero-order valence-electron chi connectivity index (χ0n) is 34.0. The molecule has 0 bridgehead atoms. The average molecular weight is 1020 g/mol. The number of carbonyl (C=O) groups excluding carboxylic acids is 2. The lowest BCUT2D eigenvalue weighted by Gasteiger charge is -2.15. The number of carboxylic acid groups (broad SMARTS) is 2. The number of aliphatic carboxylic acids is 1. The molecule has 1 aromatic carbocycles. The molecule has 0 saturated carbocycles. The second kappa shape index (κ2) is 25.7. The second-order valence-corrected chi connectivity index (χ2v) is 21.3. The van der Waals surface area contributed by atoms with Crippen molar-refractivity contribution in [2.75, 3.05) is 56.9 Å². The maximum absolute atomic E-state index is 14.3. The number of aromatic nitrogens is 5. The largest absolute Gasteiger partial charge is 0.778 e. The number of rotatable bonds is 13. The van der Waals surface area contributed by atoms with Gasteiger partial charge in [0.15, 0.2) is 0 Å². The van der Waals surface area contributed by atoms with Crippen LogP contribution in [0.15, 0.2) is 43.2 Å². The van der Waals surface area contributed by atoms with Crippen molar-refractivity contribution in [1.82, 2.24) is 34.4 Å². The third-order valence-corrected chi connectivity index (χ3v) is 12.1. The third kappa shape index (κ3) is 19.5. The van der Waals surface area contributed by atoms with Crippen molar-refractivity contribution < 1.29 is 66.0 Å². The molecule has 63 heavy (non-hydrogen) atoms. The van der Waals surface area contributed by atoms with Gasteiger partial charge in [0.2, 0.25) is 10.7 Å². The summed E-state index contributed by atoms with van der Waals surface area (Å²) in [4.78, 5) is 89.5. The van der Waals surface area contributed by atoms with E-state index in [-0.39, 0.29) is 39.1 Å². The molecule has 23 nitrogen and oxygen atoms in total. The summed E-state index contributed by atoms with van der Waals surface area (Å²) in [5, 5.41) is 22.5. The molecule has 1 aliphatic heterocycles. The molecule has 0 radical (unpaired) electrons. The van der Waals surface area contributed by atoms with Crippen LogP contribution in [0.2, 0.25) is 5.02 Å². The molecule has 4 aromatic rings. The minimum absolute atomic E-state index is 0.0605. The third-order valence-electron chi connectivity index (χ3n) is 6.74. The lowest BCUT2D eigenvalue weighted by atomic mass is 10.3. The smallest absolute Gasteiger partial charge is 0.347 e. The van der Waals surface area contributed by atoms with Gasteiger partial charge in [-0.2, -0.15) is 15.0 Å². The molecule has 6 N–H and O–H groups in total. The topological polar surface area (TPSA) is 336 Å². The number of thiophene rings is 1. The number of aromatic carboxylic acids is 1. The minimum Gasteiger partial charge on any atom is -0.778 e. The second-order valence-electron chi connectivity index (χ2n) is 12.3. The molecule has 0 saturated heterocycles. The van der Waals surface area contributed by atoms with E-state index in [1.54, 1.807) is 14.1 Å². The number of aryl methyl sites for hydroxylation is 1. The number of ether oxygens (including phenoxy) is 2. The van der Waals surface area contributed by atoms with Gasteiger partial charge in [-0.3, -0.25) is 29.7 Å². The summed E-state index contributed by atoms with van der Waals surface area (Å²) >= 11 is 8.89. The number of nitrogens with zero attached hydrogens (tertiary/aromatic N) is 6. The molecule has 0 spiro atoms. The van der Waals surface area contributed by atoms with Crippen molar-refractivity contribution in [3.05, 3.63) is 59.6 Å². The SMILES string of the molecule is COC(=O)CSc1cc(N=c2sc(=O)n3n2CCCC3)c(F)cc1Cl.COc1nc(C)nc(NC(=O)NS(=O)(=O)c2ccsc2C(=O)O)n1.C[S+](C)C.O=C(O)CNCP(=O)([O-])O. The van der Waals surface area contributed by atoms with Crippen molar-refractivity contribution in [3.63, 3.8) is 0 Å². The first-order valence-electron chi connectivity index (χ1n) is 17.3. The molecule has 1 unspecified atom stereocenters. The molecule has 1 aliphatic rings. The molecule has 0 aliphatic carbocycles. The number of hydrogen-bond acceptors (Lipinski definition) is 19. The van der Waals surface area contributed by atoms with Crippen LogP contribution in [-0.2, 0) is 52.9 Å². The number of anilines is 1. The number of thioether (sulfide) groups is 1. The van der Waals surface area contributed by atoms with Gasteiger partial charge in [0.1, 0.15) is 34.7 Å². The van der Waals surface area contributed by atoms with Gasteiger partial charge >= 0.3 is 34.8 Å². The number of carboxylic acids is 2. The van der Waals surface area contributed by atoms with Crippen LogP contribution >= 0.6 is 53.6 Å². The van der Waals surface area contributed by atoms with Crippen molar-refractivity contribution >= 4 is 110 Å². The van der Waals surface area contributed by atoms with Gasteiger partial charge in [0.25, 0.3) is 10.0 Å². The standard InChI is InChI=1S/C15H15ClFN3O3S2.C11H11N5O6S2.C3H8NO5P.C3H9S/c1-23-13(21)8-24-12-7-11(10(17)6-9(12)16)18-14-19-4-2-3-5-20(19)15(22)25-14;1-5-12-9(15-11(13-5)22-2)14-10(19)16-24(20,21)6-3-4-23-7(6)8(17)18;5-3(6)1-4-2-10(7,8)9;1-4(2)3/h6-7H,2-5,8H2,1H3;3-4H,1-2H3,(H,17,18)(H2,12,13,14,15,16,19);4H,1-2H2,(H,5,6)(H2,7,8,9);1-3H3/q;;;+1/p-1. The first-order valence-corrected chi connectivity index (χ1v) is 26.0. The van der Waals surface area contributed by atoms with Crippen LogP contribution in [0, 0.1) is 12.7 Å². The maximum atomic E-state index is 14.3. The highest BCUT2D eigenvalue weighted by molar-refractivity contribution is 8.00. The Balaban J connectivity index is 0.000000335. The van der Waals surface area contributed by atoms with E-state index in [1.165, 1.54) is 32.6 Å². The lowest BCUT2D eigenvalue weighted by Crippen LogP contribution is -2.35. The van der Waals surface area contributed by atoms with E-state index in [2.05, 4.69) is 48.8 Å². The number of esters is 1. The van der Waals surface area contributed by atoms with Gasteiger partial charge in [-0.1, -0.05) is 11.6 Å². The molecule has 3 aromatic heterocycles. The van der Waals surface area contributed by atoms with E-state index in [0.29, 0.717) is 33.7 Å². The van der Waals surface area contributed by atoms with Gasteiger partial charge in [0.05, 0.1) is 56.6 Å². The van der Waals surface area contributed by atoms with Gasteiger partial charge in [0, 0.05) is 18.0 Å². The monoisotopic (exact) mass is 1020 g/mol. The summed E-state index contributed by atoms with van der Waals surface area (Å²) < 4.78 is 62.9. The molecule has 348 valence electrons. The van der Waals surface area contributed by atoms with Crippen LogP contribution in [0.1, 0.15) is 28.3 Å². The summed E-state index contributed by atoms with van der Waals surface area (Å²) in [6.07, 6.45) is 7.77. The highest BCUT2D eigenvalue weighted by atomic mass is 35.5. The molecular weight excluding hydrogens is 980 g/mol. The number of methoxy groups -OCH3 is 2. The van der Waals surface area contributed by atoms with Crippen LogP contribution in [0.3, 0.4) is 0 Å². The van der Waals surface area contributed by atoms with Gasteiger partial charge in [-0.15, -0.1) is 23.1 Å². The highest BCUT2D eigenvalue weighted by Gasteiger charge is 2.26. The number of sulfonamides is 1. The van der Waals surface area contributed by atoms with E-state index < -0.39 is 70.0 Å². The summed E-state index contributed by atoms with van der Waals surface area (Å²) in [7, 11) is -5.47. The Morgan fingerprint density at radius 1 is 1.11 bits per heavy atom. The predicted octanol–water partition coefficient (Wildman–Crippen LogP) is 1.91. The number of fused-ring (bicyclic) bond motifs is 1. The van der Waals surface area contributed by atoms with Gasteiger partial charge in [-0.25, -0.2) is 36.8 Å². The summed E-state index contributed by atoms with van der Waals surface area (Å²) in [6.45, 7) is 2.37. The molecule has 1 atom stereocenters. The molecule has 4 heterocycles. The number of amides is 2. The fourth-order valence-electron chi connectivity index (χ4n) is 4.31. The normalized spacial score (nSPS) is 13.0. The Bertz CT molecular complexity index is 2530. The van der Waals surface area contributed by atoms with Gasteiger partial charge in [-0.05, 0) is 65.6 Å². The van der Waals surface area contributed by atoms with E-state index in [9.17, 15) is 46.2 Å². The van der Waals surface area contributed by atoms with Crippen molar-refractivity contribution in [2.45, 2.75) is 42.6 Å². The number of hydrogen-bond donors (Lipinski definition) is 6. The first kappa shape index (κ1) is 54.7. The van der Waals surface area contributed by atoms with E-state index in [4.69, 9.17) is 31.4 Å². The number of nitrogens with one attached hydrogen (secondary N) is 3. The van der Waals surface area contributed by atoms with Crippen LogP contribution in [0.25, 0.3) is 0 Å². The van der Waals surface area contributed by atoms with Crippen molar-refractivity contribution in [2.24, 2.45) is 4.99 Å². The van der Waals surface area contributed by atoms with E-state index in [1.807, 2.05) is 5.32 Å². The number of benzene rings is 1.